The third kappa shape index (κ3) is 7.05. The van der Waals surface area contributed by atoms with E-state index in [1.54, 1.807) is 0 Å². The van der Waals surface area contributed by atoms with Gasteiger partial charge in [-0.15, -0.1) is 0 Å². The largest absolute Gasteiger partial charge is 0.453 e. The molecule has 0 radical (unpaired) electrons. The van der Waals surface area contributed by atoms with E-state index in [1.807, 2.05) is 49.6 Å². The number of ether oxygens (including phenoxy) is 2. The Morgan fingerprint density at radius 3 is 1.43 bits per heavy atom. The highest BCUT2D eigenvalue weighted by molar-refractivity contribution is 6.07. The van der Waals surface area contributed by atoms with E-state index < -0.39 is 24.3 Å². The molecule has 4 atom stereocenters. The SMILES string of the molecule is COC(=O)NC(C(=O)N1CCC[C@H]1c1nc2ccc3cc(-c4ccc5c(ccc6nc([C@@H]7CCCN7C(=O)[C@@H](NC(=O)OC)C(C)C)[nH]c65)c4)ccc3c2[nH]1)C(C)C. The van der Waals surface area contributed by atoms with Crippen molar-refractivity contribution in [2.75, 3.05) is 27.3 Å². The molecule has 0 spiro atoms. The molecule has 2 saturated heterocycles. The van der Waals surface area contributed by atoms with Crippen LogP contribution in [-0.4, -0.2) is 93.1 Å². The molecule has 0 aliphatic carbocycles. The van der Waals surface area contributed by atoms with Crippen LogP contribution in [0.3, 0.4) is 0 Å². The van der Waals surface area contributed by atoms with Gasteiger partial charge in [0.15, 0.2) is 0 Å². The highest BCUT2D eigenvalue weighted by Crippen LogP contribution is 2.37. The summed E-state index contributed by atoms with van der Waals surface area (Å²) in [4.78, 5) is 72.2. The van der Waals surface area contributed by atoms with Crippen molar-refractivity contribution in [3.05, 3.63) is 72.3 Å². The monoisotopic (exact) mass is 786 g/mol. The number of carbonyl (C=O) groups excluding carboxylic acids is 4. The molecule has 4 amide bonds. The minimum Gasteiger partial charge on any atom is -0.453 e. The first kappa shape index (κ1) is 38.7. The molecular formula is C44H50N8O6. The molecule has 6 aromatic rings. The maximum absolute atomic E-state index is 13.7. The number of amides is 4. The van der Waals surface area contributed by atoms with Crippen LogP contribution in [0.25, 0.3) is 54.7 Å². The summed E-state index contributed by atoms with van der Waals surface area (Å²) >= 11 is 0. The molecule has 2 aliphatic rings. The molecule has 58 heavy (non-hydrogen) atoms. The van der Waals surface area contributed by atoms with Gasteiger partial charge in [0.1, 0.15) is 23.7 Å². The average molecular weight is 787 g/mol. The Bertz CT molecular complexity index is 2380. The van der Waals surface area contributed by atoms with Gasteiger partial charge in [0.2, 0.25) is 11.8 Å². The quantitative estimate of drug-likeness (QED) is 0.117. The predicted octanol–water partition coefficient (Wildman–Crippen LogP) is 7.50. The first-order valence-corrected chi connectivity index (χ1v) is 20.1. The van der Waals surface area contributed by atoms with Gasteiger partial charge in [0.25, 0.3) is 0 Å². The maximum Gasteiger partial charge on any atom is 0.407 e. The molecule has 1 unspecified atom stereocenters. The molecule has 2 aromatic heterocycles. The zero-order valence-corrected chi connectivity index (χ0v) is 33.7. The maximum atomic E-state index is 13.7. The number of methoxy groups -OCH3 is 2. The van der Waals surface area contributed by atoms with Crippen LogP contribution in [0.4, 0.5) is 9.59 Å². The van der Waals surface area contributed by atoms with Crippen LogP contribution >= 0.6 is 0 Å². The predicted molar refractivity (Wildman–Crippen MR) is 222 cm³/mol. The molecule has 14 heteroatoms. The van der Waals surface area contributed by atoms with Gasteiger partial charge in [0, 0.05) is 23.9 Å². The van der Waals surface area contributed by atoms with Crippen LogP contribution in [0.1, 0.15) is 77.1 Å². The number of fused-ring (bicyclic) bond motifs is 6. The molecule has 2 aliphatic heterocycles. The number of imidazole rings is 2. The first-order chi connectivity index (χ1) is 27.9. The van der Waals surface area contributed by atoms with Gasteiger partial charge < -0.3 is 39.9 Å². The number of nitrogens with zero attached hydrogens (tertiary/aromatic N) is 4. The molecule has 302 valence electrons. The number of benzene rings is 4. The highest BCUT2D eigenvalue weighted by Gasteiger charge is 2.39. The molecule has 0 saturated carbocycles. The second kappa shape index (κ2) is 15.6. The van der Waals surface area contributed by atoms with Crippen LogP contribution in [0.5, 0.6) is 0 Å². The van der Waals surface area contributed by atoms with Gasteiger partial charge >= 0.3 is 12.2 Å². The number of alkyl carbamates (subject to hydrolysis) is 2. The molecule has 0 bridgehead atoms. The number of aromatic nitrogens is 4. The van der Waals surface area contributed by atoms with E-state index in [1.165, 1.54) is 14.2 Å². The summed E-state index contributed by atoms with van der Waals surface area (Å²) in [5.41, 5.74) is 5.65. The van der Waals surface area contributed by atoms with Crippen LogP contribution in [0.2, 0.25) is 0 Å². The lowest BCUT2D eigenvalue weighted by Crippen LogP contribution is -2.51. The number of aromatic amines is 2. The summed E-state index contributed by atoms with van der Waals surface area (Å²) in [5.74, 6) is 0.976. The Morgan fingerprint density at radius 1 is 0.638 bits per heavy atom. The second-order valence-electron chi connectivity index (χ2n) is 16.1. The van der Waals surface area contributed by atoms with Crippen LogP contribution in [-0.2, 0) is 19.1 Å². The van der Waals surface area contributed by atoms with E-state index in [0.29, 0.717) is 13.1 Å². The van der Waals surface area contributed by atoms with Crippen LogP contribution < -0.4 is 10.6 Å². The topological polar surface area (TPSA) is 175 Å². The zero-order chi connectivity index (χ0) is 40.8. The van der Waals surface area contributed by atoms with E-state index in [0.717, 1.165) is 92.1 Å². The van der Waals surface area contributed by atoms with Crippen molar-refractivity contribution in [1.82, 2.24) is 40.4 Å². The Labute approximate surface area is 336 Å². The fourth-order valence-corrected chi connectivity index (χ4v) is 8.72. The fraction of sp³-hybridized carbons (Fsp3) is 0.409. The van der Waals surface area contributed by atoms with Gasteiger partial charge in [-0.05, 0) is 83.7 Å². The number of hydrogen-bond donors (Lipinski definition) is 4. The Kier molecular flexibility index (Phi) is 10.4. The van der Waals surface area contributed by atoms with Crippen molar-refractivity contribution < 1.29 is 28.7 Å². The molecule has 14 nitrogen and oxygen atoms in total. The lowest BCUT2D eigenvalue weighted by Gasteiger charge is -2.29. The normalized spacial score (nSPS) is 18.1. The van der Waals surface area contributed by atoms with Gasteiger partial charge in [-0.25, -0.2) is 19.6 Å². The van der Waals surface area contributed by atoms with Crippen molar-refractivity contribution in [3.8, 4) is 11.1 Å². The van der Waals surface area contributed by atoms with Gasteiger partial charge in [0.05, 0.1) is 48.4 Å². The molecule has 4 aromatic carbocycles. The zero-order valence-electron chi connectivity index (χ0n) is 33.7. The summed E-state index contributed by atoms with van der Waals surface area (Å²) < 4.78 is 9.58. The second-order valence-corrected chi connectivity index (χ2v) is 16.1. The minimum absolute atomic E-state index is 0.113. The van der Waals surface area contributed by atoms with E-state index >= 15 is 0 Å². The lowest BCUT2D eigenvalue weighted by molar-refractivity contribution is -0.136. The van der Waals surface area contributed by atoms with E-state index in [4.69, 9.17) is 19.4 Å². The molecular weight excluding hydrogens is 737 g/mol. The number of nitrogens with one attached hydrogen (secondary N) is 4. The third-order valence-corrected chi connectivity index (χ3v) is 11.8. The van der Waals surface area contributed by atoms with Crippen molar-refractivity contribution in [1.29, 1.82) is 0 Å². The summed E-state index contributed by atoms with van der Waals surface area (Å²) in [6.07, 6.45) is 1.99. The summed E-state index contributed by atoms with van der Waals surface area (Å²) in [7, 11) is 2.59. The Hall–Kier alpha value is -6.18. The number of likely N-dealkylation sites (tertiary alicyclic amines) is 2. The first-order valence-electron chi connectivity index (χ1n) is 20.1. The number of hydrogen-bond acceptors (Lipinski definition) is 8. The van der Waals surface area contributed by atoms with Crippen LogP contribution in [0.15, 0.2) is 60.7 Å². The van der Waals surface area contributed by atoms with Gasteiger partial charge in [-0.1, -0.05) is 64.1 Å². The Balaban J connectivity index is 1.05. The van der Waals surface area contributed by atoms with Crippen LogP contribution in [0, 0.1) is 11.8 Å². The minimum atomic E-state index is -0.697. The lowest BCUT2D eigenvalue weighted by atomic mass is 9.98. The standard InChI is InChI=1S/C44H50N8O6/c1-23(2)35(49-43(55)57-5)41(53)51-19-7-9-33(51)39-45-31-17-13-27-21-25(11-15-29(27)37(31)47-39)26-12-16-30-28(22-26)14-18-32-38(30)48-40(46-32)34-10-8-20-52(34)42(54)36(24(3)4)50-44(56)58-6/h11-18,21-24,33-36H,7-10,19-20H2,1-6H3,(H,45,47)(H,46,48)(H,49,55)(H,50,56)/t33-,34-,35-,36?/m0/s1. The number of carbonyl (C=O) groups is 4. The van der Waals surface area contributed by atoms with Crippen molar-refractivity contribution in [2.45, 2.75) is 77.5 Å². The van der Waals surface area contributed by atoms with Crippen molar-refractivity contribution in [3.63, 3.8) is 0 Å². The summed E-state index contributed by atoms with van der Waals surface area (Å²) in [6.45, 7) is 8.81. The Morgan fingerprint density at radius 2 is 1.05 bits per heavy atom. The highest BCUT2D eigenvalue weighted by atomic mass is 16.5. The van der Waals surface area contributed by atoms with E-state index in [9.17, 15) is 19.2 Å². The molecule has 2 fully saturated rings. The van der Waals surface area contributed by atoms with E-state index in [-0.39, 0.29) is 35.7 Å². The third-order valence-electron chi connectivity index (χ3n) is 11.8. The fourth-order valence-electron chi connectivity index (χ4n) is 8.72. The number of H-pyrrole nitrogens is 2. The molecule has 4 heterocycles. The summed E-state index contributed by atoms with van der Waals surface area (Å²) in [5, 5.41) is 9.64. The van der Waals surface area contributed by atoms with Crippen molar-refractivity contribution in [2.24, 2.45) is 11.8 Å². The average Bonchev–Trinajstić information content (AvgIpc) is 4.06. The molecule has 4 N–H and O–H groups in total. The number of rotatable bonds is 9. The van der Waals surface area contributed by atoms with Gasteiger partial charge in [-0.3, -0.25) is 9.59 Å². The van der Waals surface area contributed by atoms with Crippen molar-refractivity contribution >= 4 is 67.6 Å². The molecule has 8 rings (SSSR count). The van der Waals surface area contributed by atoms with Gasteiger partial charge in [-0.2, -0.15) is 0 Å². The summed E-state index contributed by atoms with van der Waals surface area (Å²) in [6, 6.07) is 19.2. The smallest absolute Gasteiger partial charge is 0.407 e. The van der Waals surface area contributed by atoms with E-state index in [2.05, 4.69) is 69.1 Å².